The second-order valence-corrected chi connectivity index (χ2v) is 12.8. The third-order valence-corrected chi connectivity index (χ3v) is 9.55. The van der Waals surface area contributed by atoms with Crippen LogP contribution in [0.4, 0.5) is 23.2 Å². The minimum atomic E-state index is -4.65. The summed E-state index contributed by atoms with van der Waals surface area (Å²) >= 11 is 6.09. The second-order valence-electron chi connectivity index (χ2n) is 12.4. The summed E-state index contributed by atoms with van der Waals surface area (Å²) in [6.07, 6.45) is -4.44. The van der Waals surface area contributed by atoms with Crippen LogP contribution >= 0.6 is 11.6 Å². The van der Waals surface area contributed by atoms with Crippen molar-refractivity contribution in [1.82, 2.24) is 34.0 Å². The molecule has 2 N–H and O–H groups in total. The smallest absolute Gasteiger partial charge is 0.416 e. The van der Waals surface area contributed by atoms with Crippen molar-refractivity contribution >= 4 is 40.5 Å². The zero-order valence-corrected chi connectivity index (χ0v) is 27.8. The molecule has 0 saturated carbocycles. The maximum Gasteiger partial charge on any atom is 0.416 e. The largest absolute Gasteiger partial charge is 0.504 e. The Kier molecular flexibility index (Phi) is 8.58. The van der Waals surface area contributed by atoms with Crippen molar-refractivity contribution < 1.29 is 41.7 Å². The van der Waals surface area contributed by atoms with Crippen LogP contribution in [0.15, 0.2) is 35.4 Å². The second kappa shape index (κ2) is 12.7. The van der Waals surface area contributed by atoms with Crippen LogP contribution in [0.5, 0.6) is 5.75 Å². The molecule has 0 radical (unpaired) electrons. The first-order valence-corrected chi connectivity index (χ1v) is 16.2. The zero-order valence-electron chi connectivity index (χ0n) is 27.0. The SMILES string of the molecule is Cc1ncnc(C(=O)N2CC[C@@]3(O[C@H](C)c4c3c(=O)n3nc(C5=CCOCC5)nc3n4CC(=O)Nc3ccc(C(F)(F)F)cc3Cl)[C@@H](F)C2)c1O. The van der Waals surface area contributed by atoms with Crippen molar-refractivity contribution in [3.8, 4) is 5.75 Å². The Bertz CT molecular complexity index is 2190. The van der Waals surface area contributed by atoms with Crippen molar-refractivity contribution in [3.63, 3.8) is 0 Å². The van der Waals surface area contributed by atoms with Crippen molar-refractivity contribution in [2.24, 2.45) is 0 Å². The van der Waals surface area contributed by atoms with Gasteiger partial charge in [-0.1, -0.05) is 17.7 Å². The summed E-state index contributed by atoms with van der Waals surface area (Å²) in [7, 11) is 0. The molecular weight excluding hydrogens is 704 g/mol. The Morgan fingerprint density at radius 1 is 1.24 bits per heavy atom. The fourth-order valence-electron chi connectivity index (χ4n) is 6.73. The minimum absolute atomic E-state index is 0.0556. The number of alkyl halides is 4. The van der Waals surface area contributed by atoms with E-state index in [9.17, 15) is 32.7 Å². The molecule has 1 spiro atoms. The Morgan fingerprint density at radius 3 is 2.71 bits per heavy atom. The monoisotopic (exact) mass is 732 g/mol. The number of ether oxygens (including phenoxy) is 2. The van der Waals surface area contributed by atoms with E-state index in [1.54, 1.807) is 13.0 Å². The molecule has 14 nitrogen and oxygen atoms in total. The molecule has 268 valence electrons. The van der Waals surface area contributed by atoms with E-state index in [1.807, 2.05) is 0 Å². The molecule has 3 aliphatic rings. The van der Waals surface area contributed by atoms with Crippen LogP contribution in [0, 0.1) is 6.92 Å². The van der Waals surface area contributed by atoms with Crippen LogP contribution in [-0.2, 0) is 32.6 Å². The molecule has 1 fully saturated rings. The van der Waals surface area contributed by atoms with E-state index in [2.05, 4.69) is 25.4 Å². The van der Waals surface area contributed by atoms with Crippen molar-refractivity contribution in [2.45, 2.75) is 57.3 Å². The molecule has 3 aromatic heterocycles. The summed E-state index contributed by atoms with van der Waals surface area (Å²) in [4.78, 5) is 54.6. The molecule has 0 aliphatic carbocycles. The first-order valence-electron chi connectivity index (χ1n) is 15.8. The average Bonchev–Trinajstić information content (AvgIpc) is 3.67. The van der Waals surface area contributed by atoms with Gasteiger partial charge in [-0.15, -0.1) is 5.10 Å². The summed E-state index contributed by atoms with van der Waals surface area (Å²) in [6.45, 7) is 2.59. The van der Waals surface area contributed by atoms with E-state index in [1.165, 1.54) is 11.5 Å². The molecule has 19 heteroatoms. The Labute approximate surface area is 290 Å². The van der Waals surface area contributed by atoms with Crippen LogP contribution in [0.3, 0.4) is 0 Å². The summed E-state index contributed by atoms with van der Waals surface area (Å²) in [5.41, 5.74) is -3.10. The lowest BCUT2D eigenvalue weighted by molar-refractivity contribution is -0.143. The van der Waals surface area contributed by atoms with Gasteiger partial charge < -0.3 is 29.4 Å². The number of hydrogen-bond acceptors (Lipinski definition) is 10. The predicted octanol–water partition coefficient (Wildman–Crippen LogP) is 3.98. The van der Waals surface area contributed by atoms with E-state index in [4.69, 9.17) is 21.1 Å². The Morgan fingerprint density at radius 2 is 2.02 bits per heavy atom. The molecule has 2 amide bonds. The quantitative estimate of drug-likeness (QED) is 0.287. The van der Waals surface area contributed by atoms with Crippen molar-refractivity contribution in [2.75, 3.05) is 31.6 Å². The topological polar surface area (TPSA) is 166 Å². The highest BCUT2D eigenvalue weighted by Crippen LogP contribution is 2.49. The molecular formula is C32H29ClF4N8O6. The highest BCUT2D eigenvalue weighted by molar-refractivity contribution is 6.33. The minimum Gasteiger partial charge on any atom is -0.504 e. The molecule has 4 aromatic rings. The van der Waals surface area contributed by atoms with Gasteiger partial charge in [0, 0.05) is 13.0 Å². The summed E-state index contributed by atoms with van der Waals surface area (Å²) in [5.74, 6) is -1.78. The van der Waals surface area contributed by atoms with E-state index >= 15 is 4.39 Å². The van der Waals surface area contributed by atoms with Crippen molar-refractivity contribution in [1.29, 1.82) is 0 Å². The molecule has 3 atom stereocenters. The third kappa shape index (κ3) is 5.89. The van der Waals surface area contributed by atoms with Gasteiger partial charge in [0.1, 0.15) is 18.5 Å². The number of aryl methyl sites for hydroxylation is 1. The predicted molar refractivity (Wildman–Crippen MR) is 171 cm³/mol. The first-order chi connectivity index (χ1) is 24.2. The highest BCUT2D eigenvalue weighted by atomic mass is 35.5. The van der Waals surface area contributed by atoms with Crippen LogP contribution in [0.2, 0.25) is 5.02 Å². The van der Waals surface area contributed by atoms with Gasteiger partial charge in [0.05, 0.1) is 59.1 Å². The Hall–Kier alpha value is -4.94. The van der Waals surface area contributed by atoms with Crippen LogP contribution < -0.4 is 10.9 Å². The molecule has 51 heavy (non-hydrogen) atoms. The Balaban J connectivity index is 1.28. The molecule has 0 bridgehead atoms. The fourth-order valence-corrected chi connectivity index (χ4v) is 6.96. The number of nitrogens with zero attached hydrogens (tertiary/aromatic N) is 7. The third-order valence-electron chi connectivity index (χ3n) is 9.24. The van der Waals surface area contributed by atoms with Crippen LogP contribution in [0.25, 0.3) is 11.4 Å². The fraction of sp³-hybridized carbons (Fsp3) is 0.406. The number of rotatable bonds is 5. The number of nitrogens with one attached hydrogen (secondary N) is 1. The summed E-state index contributed by atoms with van der Waals surface area (Å²) in [5, 5.41) is 17.0. The van der Waals surface area contributed by atoms with Gasteiger partial charge in [-0.2, -0.15) is 22.7 Å². The lowest BCUT2D eigenvalue weighted by Crippen LogP contribution is -2.55. The molecule has 1 aromatic carbocycles. The number of aromatic nitrogens is 6. The zero-order chi connectivity index (χ0) is 36.4. The number of likely N-dealkylation sites (tertiary alicyclic amines) is 1. The number of carbonyl (C=O) groups excluding carboxylic acids is 2. The number of piperidine rings is 1. The van der Waals surface area contributed by atoms with Gasteiger partial charge in [0.25, 0.3) is 11.5 Å². The van der Waals surface area contributed by atoms with E-state index in [-0.39, 0.29) is 57.9 Å². The van der Waals surface area contributed by atoms with Gasteiger partial charge in [0.15, 0.2) is 23.4 Å². The van der Waals surface area contributed by atoms with E-state index in [0.717, 1.165) is 27.9 Å². The summed E-state index contributed by atoms with van der Waals surface area (Å²) < 4.78 is 70.2. The maximum absolute atomic E-state index is 16.6. The van der Waals surface area contributed by atoms with Gasteiger partial charge in [0.2, 0.25) is 11.7 Å². The normalized spacial score (nSPS) is 21.9. The van der Waals surface area contributed by atoms with Gasteiger partial charge in [-0.3, -0.25) is 14.4 Å². The molecule has 7 rings (SSSR count). The lowest BCUT2D eigenvalue weighted by Gasteiger charge is -2.41. The van der Waals surface area contributed by atoms with Crippen LogP contribution in [-0.4, -0.2) is 83.4 Å². The highest BCUT2D eigenvalue weighted by Gasteiger charge is 2.56. The first kappa shape index (κ1) is 34.5. The number of amides is 2. The molecule has 1 saturated heterocycles. The van der Waals surface area contributed by atoms with Gasteiger partial charge >= 0.3 is 6.18 Å². The lowest BCUT2D eigenvalue weighted by atomic mass is 9.83. The number of fused-ring (bicyclic) bond motifs is 3. The van der Waals surface area contributed by atoms with E-state index < -0.39 is 65.8 Å². The van der Waals surface area contributed by atoms with Gasteiger partial charge in [-0.05, 0) is 44.0 Å². The number of aromatic hydroxyl groups is 1. The number of carbonyl (C=O) groups is 2. The van der Waals surface area contributed by atoms with Crippen LogP contribution in [0.1, 0.15) is 64.7 Å². The van der Waals surface area contributed by atoms with Gasteiger partial charge in [-0.25, -0.2) is 14.4 Å². The number of benzene rings is 1. The number of halogens is 5. The average molecular weight is 733 g/mol. The number of anilines is 1. The molecule has 6 heterocycles. The van der Waals surface area contributed by atoms with E-state index in [0.29, 0.717) is 31.3 Å². The molecule has 0 unspecified atom stereocenters. The number of hydrogen-bond donors (Lipinski definition) is 2. The molecule has 3 aliphatic heterocycles. The summed E-state index contributed by atoms with van der Waals surface area (Å²) in [6, 6.07) is 2.48. The maximum atomic E-state index is 16.6. The van der Waals surface area contributed by atoms with Crippen molar-refractivity contribution in [3.05, 3.63) is 80.0 Å². The standard InChI is InChI=1S/C32H29ClF4N8O6/c1-15-26(47)24(39-14-38-15)29(49)43-8-7-31(21(34)12-43)23-25(16(2)51-31)44(13-22(46)40-20-4-3-18(11-19(20)33)32(35,36)37)30-41-27(42-45(30)28(23)48)17-5-9-50-10-6-17/h3-5,11,14,16,21,47H,6-10,12-13H2,1-2H3,(H,40,46)/t16-,21+,31-/m1/s1.